The second-order valence-corrected chi connectivity index (χ2v) is 6.83. The number of hydrogen-bond donors (Lipinski definition) is 1. The quantitative estimate of drug-likeness (QED) is 0.327. The number of alkyl halides is 6. The van der Waals surface area contributed by atoms with E-state index in [1.54, 1.807) is 19.2 Å². The van der Waals surface area contributed by atoms with Crippen molar-refractivity contribution in [2.75, 3.05) is 12.4 Å². The molecule has 0 bridgehead atoms. The molecule has 0 aliphatic carbocycles. The summed E-state index contributed by atoms with van der Waals surface area (Å²) in [6, 6.07) is 7.81. The Morgan fingerprint density at radius 2 is 1.61 bits per heavy atom. The Balaban J connectivity index is 1.82. The maximum absolute atomic E-state index is 13.7. The first-order valence-corrected chi connectivity index (χ1v) is 9.36. The van der Waals surface area contributed by atoms with E-state index in [0.29, 0.717) is 15.9 Å². The maximum Gasteiger partial charge on any atom is 0.433 e. The molecule has 0 amide bonds. The van der Waals surface area contributed by atoms with Crippen LogP contribution in [0.4, 0.5) is 32.2 Å². The first-order chi connectivity index (χ1) is 15.6. The zero-order valence-corrected chi connectivity index (χ0v) is 16.8. The molecule has 1 N–H and O–H groups in total. The van der Waals surface area contributed by atoms with E-state index in [2.05, 4.69) is 32.2 Å². The van der Waals surface area contributed by atoms with E-state index >= 15 is 0 Å². The Morgan fingerprint density at radius 1 is 0.879 bits per heavy atom. The van der Waals surface area contributed by atoms with Crippen molar-refractivity contribution in [3.63, 3.8) is 0 Å². The molecule has 0 fully saturated rings. The Hall–Kier alpha value is -4.07. The number of benzene rings is 1. The van der Waals surface area contributed by atoms with Crippen molar-refractivity contribution < 1.29 is 26.3 Å². The minimum Gasteiger partial charge on any atom is -0.373 e. The van der Waals surface area contributed by atoms with Gasteiger partial charge in [0.1, 0.15) is 5.82 Å². The average molecular weight is 461 g/mol. The smallest absolute Gasteiger partial charge is 0.373 e. The zero-order chi connectivity index (χ0) is 23.8. The van der Waals surface area contributed by atoms with Gasteiger partial charge in [0.25, 0.3) is 0 Å². The number of fused-ring (bicyclic) bond motifs is 1. The lowest BCUT2D eigenvalue weighted by atomic mass is 10.1. The predicted octanol–water partition coefficient (Wildman–Crippen LogP) is 5.27. The van der Waals surface area contributed by atoms with Gasteiger partial charge in [-0.1, -0.05) is 24.0 Å². The number of hydrogen-bond acceptors (Lipinski definition) is 4. The Labute approximate surface area is 183 Å². The van der Waals surface area contributed by atoms with Gasteiger partial charge in [-0.05, 0) is 30.3 Å². The number of anilines is 1. The molecular weight excluding hydrogens is 448 g/mol. The molecule has 0 unspecified atom stereocenters. The fourth-order valence-corrected chi connectivity index (χ4v) is 2.99. The van der Waals surface area contributed by atoms with Crippen molar-refractivity contribution >= 4 is 11.5 Å². The highest BCUT2D eigenvalue weighted by molar-refractivity contribution is 5.67. The largest absolute Gasteiger partial charge is 0.433 e. The van der Waals surface area contributed by atoms with Gasteiger partial charge >= 0.3 is 12.4 Å². The van der Waals surface area contributed by atoms with E-state index < -0.39 is 23.6 Å². The monoisotopic (exact) mass is 461 g/mol. The lowest BCUT2D eigenvalue weighted by Gasteiger charge is -2.12. The molecule has 0 aliphatic heterocycles. The standard InChI is InChI=1S/C22H13F6N5/c1-29-19-9-3-13(11-30-19)2-4-15-12-31-33-18(22(26,27)28)10-17(32-20(15)33)14-5-7-16(8-6-14)21(23,24)25/h3,5-12H,1H3,(H,29,30). The summed E-state index contributed by atoms with van der Waals surface area (Å²) in [5.74, 6) is 6.15. The molecule has 33 heavy (non-hydrogen) atoms. The molecule has 5 nitrogen and oxygen atoms in total. The minimum atomic E-state index is -4.79. The molecular formula is C22H13F6N5. The lowest BCUT2D eigenvalue weighted by Crippen LogP contribution is -2.13. The van der Waals surface area contributed by atoms with Gasteiger partial charge in [-0.25, -0.2) is 14.5 Å². The third kappa shape index (κ3) is 4.59. The van der Waals surface area contributed by atoms with Crippen LogP contribution in [0, 0.1) is 11.8 Å². The maximum atomic E-state index is 13.7. The van der Waals surface area contributed by atoms with Crippen LogP contribution in [0.15, 0.2) is 54.9 Å². The van der Waals surface area contributed by atoms with E-state index in [-0.39, 0.29) is 22.5 Å². The summed E-state index contributed by atoms with van der Waals surface area (Å²) < 4.78 is 80.1. The van der Waals surface area contributed by atoms with E-state index in [1.165, 1.54) is 6.20 Å². The molecule has 0 atom stereocenters. The number of halogens is 6. The molecule has 168 valence electrons. The Morgan fingerprint density at radius 3 is 2.18 bits per heavy atom. The van der Waals surface area contributed by atoms with Gasteiger partial charge in [0, 0.05) is 24.4 Å². The third-order valence-corrected chi connectivity index (χ3v) is 4.63. The highest BCUT2D eigenvalue weighted by atomic mass is 19.4. The summed E-state index contributed by atoms with van der Waals surface area (Å²) in [7, 11) is 1.70. The normalized spacial score (nSPS) is 11.8. The van der Waals surface area contributed by atoms with Gasteiger partial charge in [0.05, 0.1) is 23.0 Å². The van der Waals surface area contributed by atoms with Crippen LogP contribution in [0.5, 0.6) is 0 Å². The van der Waals surface area contributed by atoms with E-state index in [0.717, 1.165) is 36.5 Å². The molecule has 4 aromatic rings. The van der Waals surface area contributed by atoms with E-state index in [9.17, 15) is 26.3 Å². The Bertz CT molecular complexity index is 1360. The van der Waals surface area contributed by atoms with Crippen molar-refractivity contribution in [2.24, 2.45) is 0 Å². The van der Waals surface area contributed by atoms with Crippen LogP contribution in [0.25, 0.3) is 16.9 Å². The van der Waals surface area contributed by atoms with E-state index in [4.69, 9.17) is 0 Å². The van der Waals surface area contributed by atoms with Crippen molar-refractivity contribution in [1.29, 1.82) is 0 Å². The average Bonchev–Trinajstić information content (AvgIpc) is 3.19. The molecule has 3 heterocycles. The third-order valence-electron chi connectivity index (χ3n) is 4.63. The lowest BCUT2D eigenvalue weighted by molar-refractivity contribution is -0.142. The van der Waals surface area contributed by atoms with Gasteiger partial charge in [0.2, 0.25) is 0 Å². The van der Waals surface area contributed by atoms with Crippen LogP contribution in [0.2, 0.25) is 0 Å². The van der Waals surface area contributed by atoms with Gasteiger partial charge in [-0.3, -0.25) is 0 Å². The summed E-state index contributed by atoms with van der Waals surface area (Å²) in [5.41, 5.74) is -1.66. The molecule has 0 aliphatic rings. The van der Waals surface area contributed by atoms with Crippen molar-refractivity contribution in [2.45, 2.75) is 12.4 Å². The molecule has 11 heteroatoms. The molecule has 0 spiro atoms. The van der Waals surface area contributed by atoms with Crippen LogP contribution >= 0.6 is 0 Å². The van der Waals surface area contributed by atoms with Crippen molar-refractivity contribution in [1.82, 2.24) is 19.6 Å². The van der Waals surface area contributed by atoms with Crippen LogP contribution in [0.3, 0.4) is 0 Å². The SMILES string of the molecule is CNc1ccc(C#Cc2cnn3c(C(F)(F)F)cc(-c4ccc(C(F)(F)F)cc4)nc23)cn1. The van der Waals surface area contributed by atoms with Crippen LogP contribution in [-0.4, -0.2) is 26.6 Å². The second-order valence-electron chi connectivity index (χ2n) is 6.83. The first-order valence-electron chi connectivity index (χ1n) is 9.36. The highest BCUT2D eigenvalue weighted by Crippen LogP contribution is 2.34. The van der Waals surface area contributed by atoms with E-state index in [1.807, 2.05) is 0 Å². The van der Waals surface area contributed by atoms with Crippen LogP contribution in [0.1, 0.15) is 22.4 Å². The first kappa shape index (κ1) is 22.1. The highest BCUT2D eigenvalue weighted by Gasteiger charge is 2.36. The fraction of sp³-hybridized carbons (Fsp3) is 0.136. The molecule has 0 saturated heterocycles. The van der Waals surface area contributed by atoms with Gasteiger partial charge in [0.15, 0.2) is 11.3 Å². The van der Waals surface area contributed by atoms with Crippen LogP contribution < -0.4 is 5.32 Å². The van der Waals surface area contributed by atoms with Crippen LogP contribution in [-0.2, 0) is 12.4 Å². The number of pyridine rings is 1. The summed E-state index contributed by atoms with van der Waals surface area (Å²) in [4.78, 5) is 8.31. The van der Waals surface area contributed by atoms with Crippen molar-refractivity contribution in [3.05, 3.63) is 77.2 Å². The van der Waals surface area contributed by atoms with Gasteiger partial charge < -0.3 is 5.32 Å². The second kappa shape index (κ2) is 8.12. The topological polar surface area (TPSA) is 55.1 Å². The predicted molar refractivity (Wildman–Crippen MR) is 108 cm³/mol. The minimum absolute atomic E-state index is 0.0861. The van der Waals surface area contributed by atoms with Crippen molar-refractivity contribution in [3.8, 4) is 23.1 Å². The summed E-state index contributed by atoms with van der Waals surface area (Å²) >= 11 is 0. The Kier molecular flexibility index (Phi) is 5.45. The molecule has 0 radical (unpaired) electrons. The fourth-order valence-electron chi connectivity index (χ4n) is 2.99. The summed E-state index contributed by atoms with van der Waals surface area (Å²) in [5, 5.41) is 6.61. The summed E-state index contributed by atoms with van der Waals surface area (Å²) in [6.45, 7) is 0. The molecule has 4 rings (SSSR count). The zero-order valence-electron chi connectivity index (χ0n) is 16.8. The summed E-state index contributed by atoms with van der Waals surface area (Å²) in [6.07, 6.45) is -6.71. The number of rotatable bonds is 2. The van der Waals surface area contributed by atoms with Gasteiger partial charge in [-0.2, -0.15) is 31.4 Å². The number of aromatic nitrogens is 4. The molecule has 1 aromatic carbocycles. The number of nitrogens with one attached hydrogen (secondary N) is 1. The molecule has 3 aromatic heterocycles. The van der Waals surface area contributed by atoms with Gasteiger partial charge in [-0.15, -0.1) is 0 Å². The molecule has 0 saturated carbocycles. The number of nitrogens with zero attached hydrogens (tertiary/aromatic N) is 4.